The monoisotopic (exact) mass is 297 g/mol. The number of nitrogens with two attached hydrogens (primary N) is 1. The van der Waals surface area contributed by atoms with E-state index < -0.39 is 0 Å². The Morgan fingerprint density at radius 3 is 3.10 bits per heavy atom. The van der Waals surface area contributed by atoms with Gasteiger partial charge in [0.15, 0.2) is 0 Å². The first-order valence-corrected chi connectivity index (χ1v) is 7.78. The Morgan fingerprint density at radius 2 is 2.19 bits per heavy atom. The van der Waals surface area contributed by atoms with Crippen molar-refractivity contribution in [3.8, 4) is 5.75 Å². The third kappa shape index (κ3) is 2.19. The molecule has 1 unspecified atom stereocenters. The van der Waals surface area contributed by atoms with Gasteiger partial charge in [0, 0.05) is 12.6 Å². The molecular formula is C16H15N3OS. The Bertz CT molecular complexity index is 799. The minimum atomic E-state index is -0.0603. The molecule has 1 aliphatic rings. The first kappa shape index (κ1) is 12.8. The van der Waals surface area contributed by atoms with Crippen LogP contribution in [0, 0.1) is 0 Å². The molecule has 0 amide bonds. The van der Waals surface area contributed by atoms with Gasteiger partial charge in [0.2, 0.25) is 0 Å². The summed E-state index contributed by atoms with van der Waals surface area (Å²) in [6.07, 6.45) is 2.85. The first-order chi connectivity index (χ1) is 10.3. The zero-order chi connectivity index (χ0) is 14.2. The van der Waals surface area contributed by atoms with Gasteiger partial charge in [-0.25, -0.2) is 5.43 Å². The summed E-state index contributed by atoms with van der Waals surface area (Å²) in [6, 6.07) is 10.4. The SMILES string of the molecule is NNC(c1ccc2c(c1)CCO2)c1cnc2ccsc2c1. The third-order valence-corrected chi connectivity index (χ3v) is 4.72. The highest BCUT2D eigenvalue weighted by atomic mass is 32.1. The molecule has 1 aromatic carbocycles. The number of nitrogens with zero attached hydrogens (tertiary/aromatic N) is 1. The van der Waals surface area contributed by atoms with E-state index in [0.29, 0.717) is 0 Å². The van der Waals surface area contributed by atoms with Crippen LogP contribution in [0.3, 0.4) is 0 Å². The second-order valence-electron chi connectivity index (χ2n) is 5.14. The molecule has 0 saturated heterocycles. The number of aromatic nitrogens is 1. The Kier molecular flexibility index (Phi) is 3.11. The van der Waals surface area contributed by atoms with Crippen molar-refractivity contribution in [3.63, 3.8) is 0 Å². The largest absolute Gasteiger partial charge is 0.493 e. The van der Waals surface area contributed by atoms with Crippen LogP contribution >= 0.6 is 11.3 Å². The Balaban J connectivity index is 1.76. The van der Waals surface area contributed by atoms with Crippen LogP contribution in [0.1, 0.15) is 22.7 Å². The van der Waals surface area contributed by atoms with Crippen molar-refractivity contribution in [2.45, 2.75) is 12.5 Å². The maximum Gasteiger partial charge on any atom is 0.122 e. The zero-order valence-electron chi connectivity index (χ0n) is 11.4. The number of nitrogens with one attached hydrogen (secondary N) is 1. The van der Waals surface area contributed by atoms with Crippen LogP contribution < -0.4 is 16.0 Å². The number of hydrogen-bond donors (Lipinski definition) is 2. The lowest BCUT2D eigenvalue weighted by Gasteiger charge is -2.17. The predicted molar refractivity (Wildman–Crippen MR) is 84.4 cm³/mol. The Labute approximate surface area is 126 Å². The van der Waals surface area contributed by atoms with Crippen molar-refractivity contribution in [3.05, 3.63) is 58.6 Å². The third-order valence-electron chi connectivity index (χ3n) is 3.87. The molecule has 4 nitrogen and oxygen atoms in total. The molecule has 1 aliphatic heterocycles. The van der Waals surface area contributed by atoms with Gasteiger partial charge in [-0.1, -0.05) is 12.1 Å². The highest BCUT2D eigenvalue weighted by Gasteiger charge is 2.18. The molecule has 21 heavy (non-hydrogen) atoms. The second kappa shape index (κ2) is 5.11. The van der Waals surface area contributed by atoms with Crippen LogP contribution in [0.5, 0.6) is 5.75 Å². The standard InChI is InChI=1S/C16H15N3OS/c17-19-16(11-1-2-14-10(7-11)3-5-20-14)12-8-15-13(18-9-12)4-6-21-15/h1-2,4,6-9,16,19H,3,5,17H2. The molecule has 3 heterocycles. The van der Waals surface area contributed by atoms with Crippen LogP contribution in [0.25, 0.3) is 10.2 Å². The van der Waals surface area contributed by atoms with Crippen molar-refractivity contribution in [1.29, 1.82) is 0 Å². The molecular weight excluding hydrogens is 282 g/mol. The topological polar surface area (TPSA) is 60.2 Å². The highest BCUT2D eigenvalue weighted by molar-refractivity contribution is 7.17. The molecule has 0 fully saturated rings. The van der Waals surface area contributed by atoms with E-state index in [-0.39, 0.29) is 6.04 Å². The highest BCUT2D eigenvalue weighted by Crippen LogP contribution is 2.31. The van der Waals surface area contributed by atoms with Gasteiger partial charge in [-0.3, -0.25) is 10.8 Å². The van der Waals surface area contributed by atoms with E-state index in [9.17, 15) is 0 Å². The van der Waals surface area contributed by atoms with Gasteiger partial charge >= 0.3 is 0 Å². The molecule has 3 aromatic rings. The van der Waals surface area contributed by atoms with E-state index in [1.54, 1.807) is 11.3 Å². The zero-order valence-corrected chi connectivity index (χ0v) is 12.2. The number of pyridine rings is 1. The number of rotatable bonds is 3. The average Bonchev–Trinajstić information content (AvgIpc) is 3.15. The molecule has 3 N–H and O–H groups in total. The van der Waals surface area contributed by atoms with E-state index in [1.165, 1.54) is 10.3 Å². The van der Waals surface area contributed by atoms with Gasteiger partial charge in [-0.15, -0.1) is 11.3 Å². The van der Waals surface area contributed by atoms with E-state index >= 15 is 0 Å². The smallest absolute Gasteiger partial charge is 0.122 e. The van der Waals surface area contributed by atoms with Gasteiger partial charge in [-0.2, -0.15) is 0 Å². The fourth-order valence-corrected chi connectivity index (χ4v) is 3.58. The molecule has 106 valence electrons. The van der Waals surface area contributed by atoms with Gasteiger partial charge < -0.3 is 4.74 Å². The van der Waals surface area contributed by atoms with Gasteiger partial charge in [-0.05, 0) is 40.3 Å². The quantitative estimate of drug-likeness (QED) is 0.576. The Hall–Kier alpha value is -1.95. The van der Waals surface area contributed by atoms with Crippen molar-refractivity contribution in [2.24, 2.45) is 5.84 Å². The van der Waals surface area contributed by atoms with Crippen LogP contribution in [0.15, 0.2) is 41.9 Å². The van der Waals surface area contributed by atoms with Crippen LogP contribution in [0.2, 0.25) is 0 Å². The van der Waals surface area contributed by atoms with Gasteiger partial charge in [0.25, 0.3) is 0 Å². The maximum absolute atomic E-state index is 5.80. The Morgan fingerprint density at radius 1 is 1.24 bits per heavy atom. The van der Waals surface area contributed by atoms with Crippen molar-refractivity contribution < 1.29 is 4.74 Å². The van der Waals surface area contributed by atoms with Crippen LogP contribution in [-0.2, 0) is 6.42 Å². The average molecular weight is 297 g/mol. The summed E-state index contributed by atoms with van der Waals surface area (Å²) < 4.78 is 6.74. The normalized spacial score (nSPS) is 14.9. The number of hydrazine groups is 1. The molecule has 0 aliphatic carbocycles. The molecule has 4 rings (SSSR count). The van der Waals surface area contributed by atoms with E-state index in [2.05, 4.69) is 34.0 Å². The summed E-state index contributed by atoms with van der Waals surface area (Å²) in [5.41, 5.74) is 7.40. The van der Waals surface area contributed by atoms with Crippen molar-refractivity contribution in [2.75, 3.05) is 6.61 Å². The van der Waals surface area contributed by atoms with Gasteiger partial charge in [0.05, 0.1) is 22.9 Å². The molecule has 1 atom stereocenters. The summed E-state index contributed by atoms with van der Waals surface area (Å²) in [6.45, 7) is 0.766. The fraction of sp³-hybridized carbons (Fsp3) is 0.188. The number of thiophene rings is 1. The fourth-order valence-electron chi connectivity index (χ4n) is 2.79. The van der Waals surface area contributed by atoms with Gasteiger partial charge in [0.1, 0.15) is 5.75 Å². The lowest BCUT2D eigenvalue weighted by molar-refractivity contribution is 0.357. The molecule has 0 spiro atoms. The van der Waals surface area contributed by atoms with E-state index in [0.717, 1.165) is 35.4 Å². The molecule has 5 heteroatoms. The van der Waals surface area contributed by atoms with Crippen LogP contribution in [-0.4, -0.2) is 11.6 Å². The summed E-state index contributed by atoms with van der Waals surface area (Å²) in [5.74, 6) is 6.78. The minimum Gasteiger partial charge on any atom is -0.493 e. The molecule has 2 aromatic heterocycles. The molecule has 0 saturated carbocycles. The van der Waals surface area contributed by atoms with E-state index in [1.807, 2.05) is 18.3 Å². The summed E-state index contributed by atoms with van der Waals surface area (Å²) >= 11 is 1.69. The van der Waals surface area contributed by atoms with Crippen molar-refractivity contribution in [1.82, 2.24) is 10.4 Å². The summed E-state index contributed by atoms with van der Waals surface area (Å²) in [4.78, 5) is 4.50. The van der Waals surface area contributed by atoms with E-state index in [4.69, 9.17) is 10.6 Å². The second-order valence-corrected chi connectivity index (χ2v) is 6.09. The minimum absolute atomic E-state index is 0.0603. The first-order valence-electron chi connectivity index (χ1n) is 6.90. The number of hydrogen-bond acceptors (Lipinski definition) is 5. The molecule has 0 radical (unpaired) electrons. The lowest BCUT2D eigenvalue weighted by Crippen LogP contribution is -2.29. The van der Waals surface area contributed by atoms with Crippen molar-refractivity contribution >= 4 is 21.6 Å². The lowest BCUT2D eigenvalue weighted by atomic mass is 9.98. The summed E-state index contributed by atoms with van der Waals surface area (Å²) in [7, 11) is 0. The van der Waals surface area contributed by atoms with Crippen LogP contribution in [0.4, 0.5) is 0 Å². The number of fused-ring (bicyclic) bond motifs is 2. The summed E-state index contributed by atoms with van der Waals surface area (Å²) in [5, 5.41) is 2.05. The molecule has 0 bridgehead atoms. The maximum atomic E-state index is 5.80. The number of benzene rings is 1. The predicted octanol–water partition coefficient (Wildman–Crippen LogP) is 2.78. The number of ether oxygens (including phenoxy) is 1.